The van der Waals surface area contributed by atoms with Crippen LogP contribution in [0.4, 0.5) is 0 Å². The van der Waals surface area contributed by atoms with Gasteiger partial charge < -0.3 is 4.74 Å². The van der Waals surface area contributed by atoms with Crippen LogP contribution in [0.1, 0.15) is 39.2 Å². The molecule has 2 nitrogen and oxygen atoms in total. The van der Waals surface area contributed by atoms with E-state index in [-0.39, 0.29) is 5.97 Å². The quantitative estimate of drug-likeness (QED) is 0.541. The second kappa shape index (κ2) is 9.13. The third kappa shape index (κ3) is 6.37. The van der Waals surface area contributed by atoms with Gasteiger partial charge in [-0.05, 0) is 44.7 Å². The van der Waals surface area contributed by atoms with Crippen LogP contribution in [0.3, 0.4) is 0 Å². The minimum atomic E-state index is -0.170. The van der Waals surface area contributed by atoms with Crippen LogP contribution < -0.4 is 0 Å². The number of allylic oxidation sites excluding steroid dienone is 3. The Morgan fingerprint density at radius 2 is 1.85 bits per heavy atom. The highest BCUT2D eigenvalue weighted by Crippen LogP contribution is 2.11. The van der Waals surface area contributed by atoms with E-state index in [1.807, 2.05) is 44.2 Å². The molecule has 0 saturated heterocycles. The first kappa shape index (κ1) is 16.2. The van der Waals surface area contributed by atoms with Crippen LogP contribution in [0.5, 0.6) is 0 Å². The van der Waals surface area contributed by atoms with Crippen molar-refractivity contribution in [3.05, 3.63) is 59.2 Å². The smallest absolute Gasteiger partial charge is 0.310 e. The molecule has 0 atom stereocenters. The molecule has 1 aromatic carbocycles. The van der Waals surface area contributed by atoms with Crippen LogP contribution in [0, 0.1) is 0 Å². The van der Waals surface area contributed by atoms with Gasteiger partial charge in [0.15, 0.2) is 0 Å². The van der Waals surface area contributed by atoms with Gasteiger partial charge in [0.05, 0.1) is 6.42 Å². The fourth-order valence-electron chi connectivity index (χ4n) is 1.81. The summed E-state index contributed by atoms with van der Waals surface area (Å²) in [6.07, 6.45) is 6.61. The highest BCUT2D eigenvalue weighted by atomic mass is 16.5. The van der Waals surface area contributed by atoms with Gasteiger partial charge in [-0.25, -0.2) is 0 Å². The van der Waals surface area contributed by atoms with Crippen molar-refractivity contribution in [2.45, 2.75) is 40.0 Å². The number of ether oxygens (including phenoxy) is 1. The minimum absolute atomic E-state index is 0.170. The molecule has 0 unspecified atom stereocenters. The van der Waals surface area contributed by atoms with E-state index in [4.69, 9.17) is 4.74 Å². The summed E-state index contributed by atoms with van der Waals surface area (Å²) in [5, 5.41) is 0. The molecule has 0 aromatic heterocycles. The lowest BCUT2D eigenvalue weighted by Crippen LogP contribution is -2.10. The Labute approximate surface area is 122 Å². The van der Waals surface area contributed by atoms with Crippen molar-refractivity contribution in [3.63, 3.8) is 0 Å². The Morgan fingerprint density at radius 3 is 2.50 bits per heavy atom. The van der Waals surface area contributed by atoms with Crippen molar-refractivity contribution in [1.29, 1.82) is 0 Å². The van der Waals surface area contributed by atoms with E-state index in [0.29, 0.717) is 13.0 Å². The molecule has 108 valence electrons. The molecular formula is C18H24O2. The number of carbonyl (C=O) groups is 1. The predicted octanol–water partition coefficient (Wildman–Crippen LogP) is 4.47. The van der Waals surface area contributed by atoms with Gasteiger partial charge in [0.2, 0.25) is 0 Å². The molecule has 0 heterocycles. The summed E-state index contributed by atoms with van der Waals surface area (Å²) in [4.78, 5) is 11.7. The molecule has 0 aliphatic carbocycles. The summed E-state index contributed by atoms with van der Waals surface area (Å²) >= 11 is 0. The second-order valence-corrected chi connectivity index (χ2v) is 4.99. The normalized spacial score (nSPS) is 12.3. The minimum Gasteiger partial charge on any atom is -0.461 e. The molecule has 0 amide bonds. The summed E-state index contributed by atoms with van der Waals surface area (Å²) in [7, 11) is 0. The zero-order valence-electron chi connectivity index (χ0n) is 12.7. The van der Waals surface area contributed by atoms with Crippen LogP contribution in [0.25, 0.3) is 0 Å². The summed E-state index contributed by atoms with van der Waals surface area (Å²) in [5.74, 6) is -0.170. The van der Waals surface area contributed by atoms with Crippen LogP contribution in [0.2, 0.25) is 0 Å². The molecule has 0 saturated carbocycles. The number of hydrogen-bond acceptors (Lipinski definition) is 2. The van der Waals surface area contributed by atoms with Crippen molar-refractivity contribution in [2.75, 3.05) is 6.61 Å². The molecule has 1 rings (SSSR count). The fraction of sp³-hybridized carbons (Fsp3) is 0.389. The third-order valence-corrected chi connectivity index (χ3v) is 3.29. The van der Waals surface area contributed by atoms with E-state index >= 15 is 0 Å². The molecule has 0 bridgehead atoms. The Bertz CT molecular complexity index is 469. The van der Waals surface area contributed by atoms with Gasteiger partial charge >= 0.3 is 5.97 Å². The fourth-order valence-corrected chi connectivity index (χ4v) is 1.81. The molecule has 0 N–H and O–H groups in total. The largest absolute Gasteiger partial charge is 0.461 e. The lowest BCUT2D eigenvalue weighted by Gasteiger charge is -2.08. The maximum absolute atomic E-state index is 11.7. The predicted molar refractivity (Wildman–Crippen MR) is 83.5 cm³/mol. The van der Waals surface area contributed by atoms with Crippen molar-refractivity contribution >= 4 is 5.97 Å². The van der Waals surface area contributed by atoms with Gasteiger partial charge in [0.1, 0.15) is 6.61 Å². The van der Waals surface area contributed by atoms with Gasteiger partial charge in [-0.15, -0.1) is 0 Å². The summed E-state index contributed by atoms with van der Waals surface area (Å²) in [6.45, 7) is 6.55. The maximum Gasteiger partial charge on any atom is 0.310 e. The van der Waals surface area contributed by atoms with Crippen molar-refractivity contribution in [1.82, 2.24) is 0 Å². The Morgan fingerprint density at radius 1 is 1.15 bits per heavy atom. The second-order valence-electron chi connectivity index (χ2n) is 4.99. The first-order valence-corrected chi connectivity index (χ1v) is 7.09. The standard InChI is InChI=1S/C18H24O2/c1-4-5-7-10-15(2)16(3)14-20-18(19)13-17-11-8-6-9-12-17/h4-6,8-9,11-12H,7,10,13-14H2,1-3H3/b5-4+,16-15+. The van der Waals surface area contributed by atoms with Crippen molar-refractivity contribution in [2.24, 2.45) is 0 Å². The molecule has 0 fully saturated rings. The lowest BCUT2D eigenvalue weighted by atomic mass is 10.1. The van der Waals surface area contributed by atoms with E-state index in [2.05, 4.69) is 19.1 Å². The summed E-state index contributed by atoms with van der Waals surface area (Å²) in [6, 6.07) is 9.67. The number of rotatable bonds is 7. The molecule has 0 aliphatic heterocycles. The van der Waals surface area contributed by atoms with E-state index < -0.39 is 0 Å². The first-order valence-electron chi connectivity index (χ1n) is 7.09. The van der Waals surface area contributed by atoms with E-state index in [1.165, 1.54) is 5.57 Å². The van der Waals surface area contributed by atoms with Gasteiger partial charge in [-0.1, -0.05) is 48.1 Å². The van der Waals surface area contributed by atoms with Crippen LogP contribution in [-0.2, 0) is 16.0 Å². The highest BCUT2D eigenvalue weighted by molar-refractivity contribution is 5.72. The average molecular weight is 272 g/mol. The molecule has 0 spiro atoms. The first-order chi connectivity index (χ1) is 9.63. The van der Waals surface area contributed by atoms with Crippen LogP contribution >= 0.6 is 0 Å². The number of esters is 1. The SMILES string of the molecule is C/C=C/CC/C(C)=C(\C)COC(=O)Cc1ccccc1. The van der Waals surface area contributed by atoms with E-state index in [1.54, 1.807) is 0 Å². The zero-order chi connectivity index (χ0) is 14.8. The molecule has 20 heavy (non-hydrogen) atoms. The Hall–Kier alpha value is -1.83. The lowest BCUT2D eigenvalue weighted by molar-refractivity contribution is -0.141. The van der Waals surface area contributed by atoms with Crippen LogP contribution in [-0.4, -0.2) is 12.6 Å². The maximum atomic E-state index is 11.7. The number of hydrogen-bond donors (Lipinski definition) is 0. The van der Waals surface area contributed by atoms with Crippen molar-refractivity contribution in [3.8, 4) is 0 Å². The molecule has 0 radical (unpaired) electrons. The molecular weight excluding hydrogens is 248 g/mol. The molecule has 1 aromatic rings. The summed E-state index contributed by atoms with van der Waals surface area (Å²) in [5.41, 5.74) is 3.44. The Kier molecular flexibility index (Phi) is 7.41. The zero-order valence-corrected chi connectivity index (χ0v) is 12.7. The number of benzene rings is 1. The van der Waals surface area contributed by atoms with Gasteiger partial charge in [0.25, 0.3) is 0 Å². The number of carbonyl (C=O) groups excluding carboxylic acids is 1. The van der Waals surface area contributed by atoms with E-state index in [9.17, 15) is 4.79 Å². The monoisotopic (exact) mass is 272 g/mol. The van der Waals surface area contributed by atoms with Crippen molar-refractivity contribution < 1.29 is 9.53 Å². The third-order valence-electron chi connectivity index (χ3n) is 3.29. The highest BCUT2D eigenvalue weighted by Gasteiger charge is 2.05. The Balaban J connectivity index is 2.38. The average Bonchev–Trinajstić information content (AvgIpc) is 2.46. The molecule has 0 aliphatic rings. The van der Waals surface area contributed by atoms with Gasteiger partial charge in [-0.2, -0.15) is 0 Å². The summed E-state index contributed by atoms with van der Waals surface area (Å²) < 4.78 is 5.32. The molecule has 2 heteroatoms. The topological polar surface area (TPSA) is 26.3 Å². The van der Waals surface area contributed by atoms with Crippen LogP contribution in [0.15, 0.2) is 53.6 Å². The van der Waals surface area contributed by atoms with E-state index in [0.717, 1.165) is 24.0 Å². The van der Waals surface area contributed by atoms with Gasteiger partial charge in [0, 0.05) is 0 Å². The van der Waals surface area contributed by atoms with Gasteiger partial charge in [-0.3, -0.25) is 4.79 Å².